The average molecular weight is 501 g/mol. The van der Waals surface area contributed by atoms with Crippen LogP contribution in [0.25, 0.3) is 0 Å². The van der Waals surface area contributed by atoms with Gasteiger partial charge >= 0.3 is 0 Å². The molecule has 0 spiro atoms. The summed E-state index contributed by atoms with van der Waals surface area (Å²) in [6.07, 6.45) is 9.40. The first kappa shape index (κ1) is 23.2. The van der Waals surface area contributed by atoms with Crippen LogP contribution in [0.4, 0.5) is 5.82 Å². The molecule has 0 radical (unpaired) electrons. The number of rotatable bonds is 6. The normalized spacial score (nSPS) is 18.5. The van der Waals surface area contributed by atoms with E-state index in [0.717, 1.165) is 57.1 Å². The second-order valence-electron chi connectivity index (χ2n) is 7.74. The maximum atomic E-state index is 5.46. The fraction of sp³-hybridized carbons (Fsp3) is 0.714. The molecule has 2 aliphatic heterocycles. The molecule has 7 heteroatoms. The van der Waals surface area contributed by atoms with Crippen molar-refractivity contribution < 1.29 is 4.74 Å². The second kappa shape index (κ2) is 12.5. The second-order valence-corrected chi connectivity index (χ2v) is 7.74. The molecule has 2 saturated heterocycles. The summed E-state index contributed by atoms with van der Waals surface area (Å²) in [6, 6.07) is 4.31. The Bertz CT molecular complexity index is 600. The SMILES string of the molecule is CN=C(NCc1ccnc(N2CCCCC2)c1)N(C)CCC1CCOCC1.I. The Hall–Kier alpha value is -1.09. The Morgan fingerprint density at radius 2 is 2.04 bits per heavy atom. The first-order valence-electron chi connectivity index (χ1n) is 10.5. The van der Waals surface area contributed by atoms with E-state index in [1.165, 1.54) is 44.1 Å². The van der Waals surface area contributed by atoms with Crippen LogP contribution in [-0.4, -0.2) is 62.8 Å². The first-order valence-corrected chi connectivity index (χ1v) is 10.5. The number of piperidine rings is 1. The zero-order valence-corrected chi connectivity index (χ0v) is 19.7. The standard InChI is InChI=1S/C21H35N5O.HI/c1-22-21(25(2)13-7-18-8-14-27-15-9-18)24-17-19-6-10-23-20(16-19)26-11-4-3-5-12-26;/h6,10,16,18H,3-5,7-9,11-15,17H2,1-2H3,(H,22,24);1H. The van der Waals surface area contributed by atoms with Crippen molar-refractivity contribution in [1.29, 1.82) is 0 Å². The van der Waals surface area contributed by atoms with Crippen molar-refractivity contribution in [3.05, 3.63) is 23.9 Å². The van der Waals surface area contributed by atoms with Crippen LogP contribution in [0.15, 0.2) is 23.3 Å². The van der Waals surface area contributed by atoms with Gasteiger partial charge in [0.25, 0.3) is 0 Å². The van der Waals surface area contributed by atoms with E-state index in [4.69, 9.17) is 4.74 Å². The molecule has 1 N–H and O–H groups in total. The van der Waals surface area contributed by atoms with E-state index in [9.17, 15) is 0 Å². The summed E-state index contributed by atoms with van der Waals surface area (Å²) in [7, 11) is 3.99. The highest BCUT2D eigenvalue weighted by Gasteiger charge is 2.16. The predicted molar refractivity (Wildman–Crippen MR) is 127 cm³/mol. The van der Waals surface area contributed by atoms with Crippen LogP contribution in [0.2, 0.25) is 0 Å². The summed E-state index contributed by atoms with van der Waals surface area (Å²) in [5.74, 6) is 2.85. The van der Waals surface area contributed by atoms with Crippen molar-refractivity contribution in [1.82, 2.24) is 15.2 Å². The molecule has 2 fully saturated rings. The zero-order valence-electron chi connectivity index (χ0n) is 17.4. The molecule has 3 rings (SSSR count). The molecular weight excluding hydrogens is 465 g/mol. The van der Waals surface area contributed by atoms with Crippen LogP contribution in [0.1, 0.15) is 44.1 Å². The summed E-state index contributed by atoms with van der Waals surface area (Å²) < 4.78 is 5.46. The average Bonchev–Trinajstić information content (AvgIpc) is 2.74. The summed E-state index contributed by atoms with van der Waals surface area (Å²) in [4.78, 5) is 13.7. The lowest BCUT2D eigenvalue weighted by molar-refractivity contribution is 0.0625. The molecule has 6 nitrogen and oxygen atoms in total. The monoisotopic (exact) mass is 501 g/mol. The van der Waals surface area contributed by atoms with Crippen molar-refractivity contribution in [2.45, 2.75) is 45.1 Å². The van der Waals surface area contributed by atoms with E-state index in [2.05, 4.69) is 44.3 Å². The molecule has 28 heavy (non-hydrogen) atoms. The predicted octanol–water partition coefficient (Wildman–Crippen LogP) is 3.51. The number of pyridine rings is 1. The lowest BCUT2D eigenvalue weighted by Crippen LogP contribution is -2.39. The van der Waals surface area contributed by atoms with Gasteiger partial charge in [-0.2, -0.15) is 0 Å². The summed E-state index contributed by atoms with van der Waals surface area (Å²) in [5, 5.41) is 3.51. The molecule has 1 aromatic rings. The fourth-order valence-electron chi connectivity index (χ4n) is 3.95. The molecule has 158 valence electrons. The number of halogens is 1. The molecule has 0 saturated carbocycles. The topological polar surface area (TPSA) is 53.0 Å². The lowest BCUT2D eigenvalue weighted by atomic mass is 9.96. The quantitative estimate of drug-likeness (QED) is 0.368. The highest BCUT2D eigenvalue weighted by atomic mass is 127. The summed E-state index contributed by atoms with van der Waals surface area (Å²) >= 11 is 0. The largest absolute Gasteiger partial charge is 0.381 e. The van der Waals surface area contributed by atoms with Crippen molar-refractivity contribution in [2.24, 2.45) is 10.9 Å². The van der Waals surface area contributed by atoms with Gasteiger partial charge < -0.3 is 19.9 Å². The van der Waals surface area contributed by atoms with E-state index in [-0.39, 0.29) is 24.0 Å². The molecule has 2 aliphatic rings. The zero-order chi connectivity index (χ0) is 18.9. The number of nitrogens with zero attached hydrogens (tertiary/aromatic N) is 4. The Morgan fingerprint density at radius 3 is 2.75 bits per heavy atom. The third-order valence-corrected chi connectivity index (χ3v) is 5.73. The highest BCUT2D eigenvalue weighted by Crippen LogP contribution is 2.19. The van der Waals surface area contributed by atoms with Gasteiger partial charge in [-0.15, -0.1) is 24.0 Å². The molecule has 0 unspecified atom stereocenters. The maximum Gasteiger partial charge on any atom is 0.193 e. The van der Waals surface area contributed by atoms with E-state index in [0.29, 0.717) is 0 Å². The first-order chi connectivity index (χ1) is 13.3. The van der Waals surface area contributed by atoms with Gasteiger partial charge in [0.1, 0.15) is 5.82 Å². The van der Waals surface area contributed by atoms with Gasteiger partial charge in [-0.05, 0) is 62.1 Å². The third kappa shape index (κ3) is 7.06. The van der Waals surface area contributed by atoms with Gasteiger partial charge in [0.05, 0.1) is 0 Å². The molecule has 0 aromatic carbocycles. The summed E-state index contributed by atoms with van der Waals surface area (Å²) in [6.45, 7) is 5.89. The Kier molecular flexibility index (Phi) is 10.3. The Labute approximate surface area is 187 Å². The number of hydrogen-bond donors (Lipinski definition) is 1. The molecular formula is C21H36IN5O. The number of ether oxygens (including phenoxy) is 1. The van der Waals surface area contributed by atoms with Crippen molar-refractivity contribution in [3.8, 4) is 0 Å². The minimum absolute atomic E-state index is 0. The number of anilines is 1. The number of aliphatic imine (C=N–C) groups is 1. The summed E-state index contributed by atoms with van der Waals surface area (Å²) in [5.41, 5.74) is 1.25. The van der Waals surface area contributed by atoms with Gasteiger partial charge in [-0.3, -0.25) is 4.99 Å². The van der Waals surface area contributed by atoms with Crippen LogP contribution in [0.5, 0.6) is 0 Å². The number of hydrogen-bond acceptors (Lipinski definition) is 4. The number of aromatic nitrogens is 1. The fourth-order valence-corrected chi connectivity index (χ4v) is 3.95. The van der Waals surface area contributed by atoms with Crippen LogP contribution >= 0.6 is 24.0 Å². The van der Waals surface area contributed by atoms with E-state index in [1.54, 1.807) is 0 Å². The van der Waals surface area contributed by atoms with Crippen LogP contribution < -0.4 is 10.2 Å². The molecule has 0 bridgehead atoms. The Balaban J connectivity index is 0.00000280. The molecule has 0 amide bonds. The van der Waals surface area contributed by atoms with Crippen molar-refractivity contribution in [3.63, 3.8) is 0 Å². The minimum Gasteiger partial charge on any atom is -0.381 e. The lowest BCUT2D eigenvalue weighted by Gasteiger charge is -2.28. The highest BCUT2D eigenvalue weighted by molar-refractivity contribution is 14.0. The number of nitrogens with one attached hydrogen (secondary N) is 1. The third-order valence-electron chi connectivity index (χ3n) is 5.73. The van der Waals surface area contributed by atoms with Crippen LogP contribution in [-0.2, 0) is 11.3 Å². The van der Waals surface area contributed by atoms with Crippen molar-refractivity contribution >= 4 is 35.8 Å². The van der Waals surface area contributed by atoms with Crippen LogP contribution in [0.3, 0.4) is 0 Å². The van der Waals surface area contributed by atoms with Gasteiger partial charge in [0.2, 0.25) is 0 Å². The number of guanidine groups is 1. The smallest absolute Gasteiger partial charge is 0.193 e. The molecule has 1 aromatic heterocycles. The maximum absolute atomic E-state index is 5.46. The van der Waals surface area contributed by atoms with Gasteiger partial charge in [-0.1, -0.05) is 0 Å². The molecule has 0 aliphatic carbocycles. The van der Waals surface area contributed by atoms with Gasteiger partial charge in [-0.25, -0.2) is 4.98 Å². The van der Waals surface area contributed by atoms with Gasteiger partial charge in [0.15, 0.2) is 5.96 Å². The van der Waals surface area contributed by atoms with E-state index >= 15 is 0 Å². The van der Waals surface area contributed by atoms with E-state index in [1.807, 2.05) is 13.2 Å². The van der Waals surface area contributed by atoms with E-state index < -0.39 is 0 Å². The van der Waals surface area contributed by atoms with Gasteiger partial charge in [0, 0.05) is 59.7 Å². The minimum atomic E-state index is 0. The van der Waals surface area contributed by atoms with Crippen LogP contribution in [0, 0.1) is 5.92 Å². The Morgan fingerprint density at radius 1 is 1.29 bits per heavy atom. The molecule has 0 atom stereocenters. The van der Waals surface area contributed by atoms with Crippen molar-refractivity contribution in [2.75, 3.05) is 51.8 Å². The molecule has 3 heterocycles.